The van der Waals surface area contributed by atoms with E-state index >= 15 is 0 Å². The van der Waals surface area contributed by atoms with Crippen LogP contribution in [0.15, 0.2) is 6.07 Å². The van der Waals surface area contributed by atoms with Crippen molar-refractivity contribution in [1.29, 1.82) is 0 Å². The summed E-state index contributed by atoms with van der Waals surface area (Å²) in [6, 6.07) is 1.71. The number of hydrogen-bond donors (Lipinski definition) is 1. The predicted molar refractivity (Wildman–Crippen MR) is 84.4 cm³/mol. The van der Waals surface area contributed by atoms with Crippen LogP contribution >= 0.6 is 22.6 Å². The summed E-state index contributed by atoms with van der Waals surface area (Å²) in [4.78, 5) is 12.4. The largest absolute Gasteiger partial charge is 0.465 e. The van der Waals surface area contributed by atoms with Gasteiger partial charge in [0.2, 0.25) is 5.92 Å². The summed E-state index contributed by atoms with van der Waals surface area (Å²) in [7, 11) is 0. The second-order valence-corrected chi connectivity index (χ2v) is 7.24. The highest BCUT2D eigenvalue weighted by atomic mass is 127. The summed E-state index contributed by atoms with van der Waals surface area (Å²) in [5, 5.41) is 13.4. The molecule has 122 valence electrons. The van der Waals surface area contributed by atoms with E-state index in [1.54, 1.807) is 4.68 Å². The van der Waals surface area contributed by atoms with E-state index in [1.807, 2.05) is 6.07 Å². The summed E-state index contributed by atoms with van der Waals surface area (Å²) in [6.07, 6.45) is 0.772. The van der Waals surface area contributed by atoms with Crippen LogP contribution in [-0.2, 0) is 0 Å². The average molecular weight is 425 g/mol. The first-order chi connectivity index (χ1) is 10.4. The fourth-order valence-electron chi connectivity index (χ4n) is 3.48. The maximum atomic E-state index is 13.5. The molecule has 1 amide bonds. The van der Waals surface area contributed by atoms with Crippen LogP contribution < -0.4 is 0 Å². The van der Waals surface area contributed by atoms with Crippen molar-refractivity contribution >= 4 is 28.7 Å². The Kier molecular flexibility index (Phi) is 4.30. The molecular formula is C14H18F2IN3O2. The van der Waals surface area contributed by atoms with E-state index in [9.17, 15) is 13.6 Å². The third-order valence-corrected chi connectivity index (χ3v) is 5.17. The number of halogens is 3. The van der Waals surface area contributed by atoms with E-state index < -0.39 is 12.0 Å². The molecule has 1 saturated carbocycles. The third kappa shape index (κ3) is 3.21. The number of likely N-dealkylation sites (tertiary alicyclic amines) is 1. The van der Waals surface area contributed by atoms with Gasteiger partial charge < -0.3 is 10.0 Å². The molecule has 2 fully saturated rings. The van der Waals surface area contributed by atoms with Crippen molar-refractivity contribution in [2.75, 3.05) is 13.1 Å². The van der Waals surface area contributed by atoms with Crippen LogP contribution in [0, 0.1) is 3.70 Å². The number of hydrogen-bond acceptors (Lipinski definition) is 2. The van der Waals surface area contributed by atoms with E-state index in [4.69, 9.17) is 5.11 Å². The van der Waals surface area contributed by atoms with Crippen LogP contribution in [0.2, 0.25) is 0 Å². The SMILES string of the molecule is O=C(O)N1CCC(c2cc(I)nn2C2CCC(F)(F)C2)CC1. The molecule has 1 aromatic rings. The number of rotatable bonds is 2. The van der Waals surface area contributed by atoms with Crippen molar-refractivity contribution < 1.29 is 18.7 Å². The molecular weight excluding hydrogens is 407 g/mol. The Morgan fingerprint density at radius 1 is 1.36 bits per heavy atom. The highest BCUT2D eigenvalue weighted by Crippen LogP contribution is 2.43. The van der Waals surface area contributed by atoms with Crippen molar-refractivity contribution in [3.8, 4) is 0 Å². The van der Waals surface area contributed by atoms with E-state index in [-0.39, 0.29) is 24.8 Å². The van der Waals surface area contributed by atoms with Crippen molar-refractivity contribution in [1.82, 2.24) is 14.7 Å². The maximum absolute atomic E-state index is 13.5. The Hall–Kier alpha value is -0.930. The highest BCUT2D eigenvalue weighted by molar-refractivity contribution is 14.1. The fraction of sp³-hybridized carbons (Fsp3) is 0.714. The van der Waals surface area contributed by atoms with Gasteiger partial charge in [-0.1, -0.05) is 0 Å². The Bertz CT molecular complexity index is 570. The van der Waals surface area contributed by atoms with Gasteiger partial charge in [0.1, 0.15) is 3.70 Å². The van der Waals surface area contributed by atoms with Crippen molar-refractivity contribution in [2.45, 2.75) is 50.0 Å². The van der Waals surface area contributed by atoms with Gasteiger partial charge in [-0.25, -0.2) is 13.6 Å². The minimum atomic E-state index is -2.59. The Labute approximate surface area is 140 Å². The van der Waals surface area contributed by atoms with Gasteiger partial charge in [0.15, 0.2) is 0 Å². The number of amides is 1. The molecule has 1 N–H and O–H groups in total. The van der Waals surface area contributed by atoms with Crippen molar-refractivity contribution in [3.63, 3.8) is 0 Å². The first kappa shape index (κ1) is 15.9. The normalized spacial score (nSPS) is 25.6. The molecule has 1 unspecified atom stereocenters. The lowest BCUT2D eigenvalue weighted by Crippen LogP contribution is -2.37. The topological polar surface area (TPSA) is 58.4 Å². The lowest BCUT2D eigenvalue weighted by molar-refractivity contribution is 0.00497. The first-order valence-corrected chi connectivity index (χ1v) is 8.54. The quantitative estimate of drug-likeness (QED) is 0.736. The molecule has 0 spiro atoms. The molecule has 1 aliphatic carbocycles. The van der Waals surface area contributed by atoms with E-state index in [1.165, 1.54) is 4.90 Å². The molecule has 0 bridgehead atoms. The summed E-state index contributed by atoms with van der Waals surface area (Å²) >= 11 is 2.11. The Balaban J connectivity index is 1.76. The summed E-state index contributed by atoms with van der Waals surface area (Å²) in [5.74, 6) is -2.40. The smallest absolute Gasteiger partial charge is 0.407 e. The van der Waals surface area contributed by atoms with Gasteiger partial charge in [-0.05, 0) is 47.9 Å². The zero-order valence-corrected chi connectivity index (χ0v) is 14.2. The molecule has 1 atom stereocenters. The number of alkyl halides is 2. The second kappa shape index (κ2) is 5.93. The van der Waals surface area contributed by atoms with Crippen molar-refractivity contribution in [2.24, 2.45) is 0 Å². The molecule has 22 heavy (non-hydrogen) atoms. The standard InChI is InChI=1S/C14H18F2IN3O2/c15-14(16)4-1-10(8-14)20-11(7-12(17)18-20)9-2-5-19(6-3-9)13(21)22/h7,9-10H,1-6,8H2,(H,21,22). The average Bonchev–Trinajstić information content (AvgIpc) is 3.01. The minimum Gasteiger partial charge on any atom is -0.465 e. The molecule has 0 radical (unpaired) electrons. The van der Waals surface area contributed by atoms with Crippen LogP contribution in [-0.4, -0.2) is 44.9 Å². The monoisotopic (exact) mass is 425 g/mol. The minimum absolute atomic E-state index is 0.0784. The van der Waals surface area contributed by atoms with E-state index in [0.717, 1.165) is 22.2 Å². The predicted octanol–water partition coefficient (Wildman–Crippen LogP) is 3.71. The van der Waals surface area contributed by atoms with Crippen LogP contribution in [0.25, 0.3) is 0 Å². The van der Waals surface area contributed by atoms with Gasteiger partial charge in [0, 0.05) is 37.5 Å². The zero-order valence-electron chi connectivity index (χ0n) is 12.0. The molecule has 0 aromatic carbocycles. The molecule has 8 heteroatoms. The summed E-state index contributed by atoms with van der Waals surface area (Å²) in [5.41, 5.74) is 0.983. The molecule has 1 saturated heterocycles. The number of aromatic nitrogens is 2. The molecule has 2 aliphatic rings. The van der Waals surface area contributed by atoms with E-state index in [0.29, 0.717) is 19.5 Å². The summed E-state index contributed by atoms with van der Waals surface area (Å²) in [6.45, 7) is 0.977. The lowest BCUT2D eigenvalue weighted by atomic mass is 9.93. The van der Waals surface area contributed by atoms with Crippen LogP contribution in [0.5, 0.6) is 0 Å². The Morgan fingerprint density at radius 3 is 2.59 bits per heavy atom. The van der Waals surface area contributed by atoms with Crippen LogP contribution in [0.1, 0.15) is 49.8 Å². The molecule has 3 rings (SSSR count). The fourth-order valence-corrected chi connectivity index (χ4v) is 4.03. The zero-order chi connectivity index (χ0) is 15.9. The van der Waals surface area contributed by atoms with Gasteiger partial charge in [-0.15, -0.1) is 0 Å². The number of carboxylic acid groups (broad SMARTS) is 1. The van der Waals surface area contributed by atoms with Gasteiger partial charge in [0.05, 0.1) is 6.04 Å². The third-order valence-electron chi connectivity index (χ3n) is 4.64. The number of nitrogens with zero attached hydrogens (tertiary/aromatic N) is 3. The van der Waals surface area contributed by atoms with Gasteiger partial charge >= 0.3 is 6.09 Å². The molecule has 1 aliphatic heterocycles. The Morgan fingerprint density at radius 2 is 2.05 bits per heavy atom. The van der Waals surface area contributed by atoms with Gasteiger partial charge in [-0.3, -0.25) is 4.68 Å². The lowest BCUT2D eigenvalue weighted by Gasteiger charge is -2.31. The van der Waals surface area contributed by atoms with E-state index in [2.05, 4.69) is 27.7 Å². The van der Waals surface area contributed by atoms with Gasteiger partial charge in [-0.2, -0.15) is 5.10 Å². The van der Waals surface area contributed by atoms with Crippen molar-refractivity contribution in [3.05, 3.63) is 15.5 Å². The second-order valence-electron chi connectivity index (χ2n) is 6.13. The molecule has 2 heterocycles. The molecule has 1 aromatic heterocycles. The van der Waals surface area contributed by atoms with Crippen LogP contribution in [0.3, 0.4) is 0 Å². The van der Waals surface area contributed by atoms with Crippen LogP contribution in [0.4, 0.5) is 13.6 Å². The van der Waals surface area contributed by atoms with Gasteiger partial charge in [0.25, 0.3) is 0 Å². The summed E-state index contributed by atoms with van der Waals surface area (Å²) < 4.78 is 29.6. The maximum Gasteiger partial charge on any atom is 0.407 e. The number of piperidine rings is 1. The molecule has 5 nitrogen and oxygen atoms in total. The number of carbonyl (C=O) groups is 1. The highest BCUT2D eigenvalue weighted by Gasteiger charge is 2.41. The first-order valence-electron chi connectivity index (χ1n) is 7.46.